The Balaban J connectivity index is 0. The number of carbonyl (C=O) groups is 2. The van der Waals surface area contributed by atoms with Crippen LogP contribution in [-0.2, 0) is 9.59 Å². The van der Waals surface area contributed by atoms with E-state index in [0.717, 1.165) is 38.5 Å². The number of carbonyl (C=O) groups excluding carboxylic acids is 2. The summed E-state index contributed by atoms with van der Waals surface area (Å²) in [6.45, 7) is 4.38. The van der Waals surface area contributed by atoms with Crippen molar-refractivity contribution in [2.45, 2.75) is 136 Å². The van der Waals surface area contributed by atoms with Gasteiger partial charge in [0.1, 0.15) is 0 Å². The molecule has 0 radical (unpaired) electrons. The molecule has 0 N–H and O–H groups in total. The van der Waals surface area contributed by atoms with Crippen LogP contribution in [-0.4, -0.2) is 49.7 Å². The van der Waals surface area contributed by atoms with Crippen LogP contribution >= 0.6 is 0 Å². The Labute approximate surface area is 209 Å². The molecule has 0 bridgehead atoms. The Kier molecular flexibility index (Phi) is 23.2. The maximum Gasteiger partial charge on any atom is 2.00 e. The van der Waals surface area contributed by atoms with E-state index in [-0.39, 0.29) is 50.6 Å². The molecular weight excluding hydrogens is 392 g/mol. The Bertz CT molecular complexity index is 384. The number of hydrogen-bond acceptors (Lipinski definition) is 4. The molecular formula is C24H44CaO4. The molecule has 29 heavy (non-hydrogen) atoms. The minimum absolute atomic E-state index is 0. The molecule has 0 aliphatic rings. The van der Waals surface area contributed by atoms with Crippen molar-refractivity contribution in [3.8, 4) is 0 Å². The standard InChI is InChI=1S/C24H46O4.Ca/c1-3-5-7-9-11-12-13-15-17-19-21-24(22(25)26,23(27)28)20-18-16-14-10-8-6-4-2;/h3-21H2,1-2H3,(H,25,26)(H,27,28);/q;+2/p-2. The monoisotopic (exact) mass is 436 g/mol. The molecule has 0 aromatic heterocycles. The van der Waals surface area contributed by atoms with Gasteiger partial charge < -0.3 is 19.8 Å². The second kappa shape index (κ2) is 21.4. The summed E-state index contributed by atoms with van der Waals surface area (Å²) >= 11 is 0. The molecule has 0 fully saturated rings. The first-order valence-electron chi connectivity index (χ1n) is 11.9. The van der Waals surface area contributed by atoms with Gasteiger partial charge in [-0.2, -0.15) is 0 Å². The van der Waals surface area contributed by atoms with E-state index in [0.29, 0.717) is 12.8 Å². The van der Waals surface area contributed by atoms with Gasteiger partial charge in [-0.1, -0.05) is 123 Å². The van der Waals surface area contributed by atoms with Crippen molar-refractivity contribution in [3.05, 3.63) is 0 Å². The Hall–Kier alpha value is 0.200. The van der Waals surface area contributed by atoms with Crippen LogP contribution in [0.2, 0.25) is 0 Å². The van der Waals surface area contributed by atoms with Gasteiger partial charge in [-0.15, -0.1) is 0 Å². The maximum atomic E-state index is 11.6. The number of unbranched alkanes of at least 4 members (excludes halogenated alkanes) is 15. The largest absolute Gasteiger partial charge is 2.00 e. The zero-order valence-electron chi connectivity index (χ0n) is 19.3. The minimum atomic E-state index is -1.80. The summed E-state index contributed by atoms with van der Waals surface area (Å²) < 4.78 is 0. The van der Waals surface area contributed by atoms with Crippen molar-refractivity contribution < 1.29 is 19.8 Å². The van der Waals surface area contributed by atoms with Crippen LogP contribution in [0.25, 0.3) is 0 Å². The third-order valence-corrected chi connectivity index (χ3v) is 5.95. The Morgan fingerprint density at radius 3 is 1.00 bits per heavy atom. The fraction of sp³-hybridized carbons (Fsp3) is 0.917. The zero-order chi connectivity index (χ0) is 21.1. The summed E-state index contributed by atoms with van der Waals surface area (Å²) in [5, 5.41) is 23.3. The Morgan fingerprint density at radius 2 is 0.759 bits per heavy atom. The molecule has 0 aromatic rings. The van der Waals surface area contributed by atoms with Gasteiger partial charge in [0.15, 0.2) is 0 Å². The van der Waals surface area contributed by atoms with E-state index in [1.54, 1.807) is 0 Å². The van der Waals surface area contributed by atoms with Crippen LogP contribution < -0.4 is 10.2 Å². The second-order valence-electron chi connectivity index (χ2n) is 8.46. The minimum Gasteiger partial charge on any atom is -0.549 e. The molecule has 0 aliphatic carbocycles. The topological polar surface area (TPSA) is 80.3 Å². The van der Waals surface area contributed by atoms with Gasteiger partial charge in [-0.25, -0.2) is 0 Å². The molecule has 0 atom stereocenters. The van der Waals surface area contributed by atoms with Gasteiger partial charge in [-0.3, -0.25) is 0 Å². The quantitative estimate of drug-likeness (QED) is 0.150. The van der Waals surface area contributed by atoms with E-state index in [4.69, 9.17) is 0 Å². The molecule has 0 spiro atoms. The average Bonchev–Trinajstić information content (AvgIpc) is 2.66. The van der Waals surface area contributed by atoms with Crippen LogP contribution in [0.5, 0.6) is 0 Å². The van der Waals surface area contributed by atoms with Crippen molar-refractivity contribution in [3.63, 3.8) is 0 Å². The predicted molar refractivity (Wildman–Crippen MR) is 117 cm³/mol. The zero-order valence-corrected chi connectivity index (χ0v) is 21.5. The molecule has 5 heteroatoms. The van der Waals surface area contributed by atoms with E-state index in [1.807, 2.05) is 0 Å². The van der Waals surface area contributed by atoms with Gasteiger partial charge in [0.2, 0.25) is 0 Å². The van der Waals surface area contributed by atoms with E-state index in [1.165, 1.54) is 57.8 Å². The molecule has 0 saturated heterocycles. The van der Waals surface area contributed by atoms with Crippen molar-refractivity contribution in [1.82, 2.24) is 0 Å². The predicted octanol–water partition coefficient (Wildman–Crippen LogP) is 4.54. The first-order chi connectivity index (χ1) is 13.5. The third-order valence-electron chi connectivity index (χ3n) is 5.95. The molecule has 0 aliphatic heterocycles. The number of hydrogen-bond donors (Lipinski definition) is 0. The molecule has 0 aromatic carbocycles. The van der Waals surface area contributed by atoms with Gasteiger partial charge in [0.05, 0.1) is 11.9 Å². The summed E-state index contributed by atoms with van der Waals surface area (Å²) in [6, 6.07) is 0. The second-order valence-corrected chi connectivity index (χ2v) is 8.46. The van der Waals surface area contributed by atoms with E-state index in [2.05, 4.69) is 13.8 Å². The van der Waals surface area contributed by atoms with Crippen LogP contribution in [0.3, 0.4) is 0 Å². The van der Waals surface area contributed by atoms with Crippen LogP contribution in [0.4, 0.5) is 0 Å². The fourth-order valence-electron chi connectivity index (χ4n) is 3.91. The van der Waals surface area contributed by atoms with Gasteiger partial charge in [-0.05, 0) is 12.8 Å². The molecule has 166 valence electrons. The van der Waals surface area contributed by atoms with Crippen LogP contribution in [0, 0.1) is 5.41 Å². The third kappa shape index (κ3) is 15.6. The van der Waals surface area contributed by atoms with Gasteiger partial charge >= 0.3 is 37.7 Å². The average molecular weight is 437 g/mol. The van der Waals surface area contributed by atoms with Crippen molar-refractivity contribution >= 4 is 49.7 Å². The summed E-state index contributed by atoms with van der Waals surface area (Å²) in [5.41, 5.74) is -1.80. The van der Waals surface area contributed by atoms with E-state index in [9.17, 15) is 19.8 Å². The molecule has 4 nitrogen and oxygen atoms in total. The molecule has 0 saturated carbocycles. The summed E-state index contributed by atoms with van der Waals surface area (Å²) in [7, 11) is 0. The van der Waals surface area contributed by atoms with E-state index >= 15 is 0 Å². The number of rotatable bonds is 21. The smallest absolute Gasteiger partial charge is 0.549 e. The molecule has 0 rings (SSSR count). The SMILES string of the molecule is CCCCCCCCCCCCC(CCCCCCCCC)(C(=O)[O-])C(=O)[O-].[Ca+2]. The number of carboxylic acid groups (broad SMARTS) is 2. The van der Waals surface area contributed by atoms with E-state index < -0.39 is 17.4 Å². The summed E-state index contributed by atoms with van der Waals surface area (Å²) in [4.78, 5) is 23.3. The van der Waals surface area contributed by atoms with Crippen molar-refractivity contribution in [1.29, 1.82) is 0 Å². The number of carboxylic acids is 2. The van der Waals surface area contributed by atoms with Gasteiger partial charge in [0, 0.05) is 5.41 Å². The van der Waals surface area contributed by atoms with Gasteiger partial charge in [0.25, 0.3) is 0 Å². The first-order valence-corrected chi connectivity index (χ1v) is 11.9. The first kappa shape index (κ1) is 31.4. The summed E-state index contributed by atoms with van der Waals surface area (Å²) in [5.74, 6) is -2.93. The molecule has 0 heterocycles. The fourth-order valence-corrected chi connectivity index (χ4v) is 3.91. The Morgan fingerprint density at radius 1 is 0.517 bits per heavy atom. The van der Waals surface area contributed by atoms with Crippen LogP contribution in [0.1, 0.15) is 136 Å². The maximum absolute atomic E-state index is 11.6. The molecule has 0 unspecified atom stereocenters. The summed E-state index contributed by atoms with van der Waals surface area (Å²) in [6.07, 6.45) is 18.9. The van der Waals surface area contributed by atoms with Crippen molar-refractivity contribution in [2.24, 2.45) is 5.41 Å². The number of aliphatic carboxylic acids is 2. The van der Waals surface area contributed by atoms with Crippen LogP contribution in [0.15, 0.2) is 0 Å². The normalized spacial score (nSPS) is 11.2. The van der Waals surface area contributed by atoms with Crippen molar-refractivity contribution in [2.75, 3.05) is 0 Å². The molecule has 0 amide bonds.